The Morgan fingerprint density at radius 1 is 1.00 bits per heavy atom. The number of fused-ring (bicyclic) bond motifs is 2. The number of para-hydroxylation sites is 1. The molecule has 1 aliphatic heterocycles. The van der Waals surface area contributed by atoms with Crippen LogP contribution in [0.15, 0.2) is 51.7 Å². The first kappa shape index (κ1) is 22.9. The fourth-order valence-corrected chi connectivity index (χ4v) is 4.94. The predicted molar refractivity (Wildman–Crippen MR) is 137 cm³/mol. The van der Waals surface area contributed by atoms with Crippen molar-refractivity contribution in [1.82, 2.24) is 9.88 Å². The largest absolute Gasteiger partial charge is 0.508 e. The molecule has 5 rings (SSSR count). The van der Waals surface area contributed by atoms with E-state index in [1.165, 1.54) is 5.56 Å². The zero-order valence-electron chi connectivity index (χ0n) is 20.3. The Hall–Kier alpha value is -3.87. The first-order valence-corrected chi connectivity index (χ1v) is 12.0. The molecule has 2 aromatic heterocycles. The lowest BCUT2D eigenvalue weighted by Gasteiger charge is -2.35. The summed E-state index contributed by atoms with van der Waals surface area (Å²) in [7, 11) is 0. The van der Waals surface area contributed by atoms with Crippen molar-refractivity contribution in [3.8, 4) is 5.75 Å². The van der Waals surface area contributed by atoms with Crippen LogP contribution in [0.2, 0.25) is 0 Å². The van der Waals surface area contributed by atoms with Gasteiger partial charge in [0.25, 0.3) is 0 Å². The molecule has 35 heavy (non-hydrogen) atoms. The smallest absolute Gasteiger partial charge is 0.339 e. The monoisotopic (exact) mass is 471 g/mol. The molecule has 3 heterocycles. The third kappa shape index (κ3) is 4.22. The molecule has 4 aromatic rings. The van der Waals surface area contributed by atoms with Crippen LogP contribution in [-0.2, 0) is 11.2 Å². The number of amides is 1. The predicted octanol–water partition coefficient (Wildman–Crippen LogP) is 4.25. The molecule has 1 aliphatic rings. The summed E-state index contributed by atoms with van der Waals surface area (Å²) in [5.41, 5.74) is 3.99. The molecule has 0 atom stereocenters. The number of nitrogens with zero attached hydrogens (tertiary/aromatic N) is 3. The minimum absolute atomic E-state index is 0.0353. The van der Waals surface area contributed by atoms with Gasteiger partial charge >= 0.3 is 5.63 Å². The number of carbonyl (C=O) groups excluding carboxylic acids is 1. The van der Waals surface area contributed by atoms with Gasteiger partial charge in [0.15, 0.2) is 0 Å². The molecule has 0 saturated carbocycles. The highest BCUT2D eigenvalue weighted by molar-refractivity contribution is 5.86. The molecule has 7 nitrogen and oxygen atoms in total. The van der Waals surface area contributed by atoms with Gasteiger partial charge in [-0.15, -0.1) is 0 Å². The summed E-state index contributed by atoms with van der Waals surface area (Å²) in [5, 5.41) is 11.9. The van der Waals surface area contributed by atoms with Crippen LogP contribution in [0.3, 0.4) is 0 Å². The number of anilines is 1. The van der Waals surface area contributed by atoms with Gasteiger partial charge in [-0.1, -0.05) is 18.2 Å². The lowest BCUT2D eigenvalue weighted by atomic mass is 10.00. The zero-order chi connectivity index (χ0) is 24.7. The van der Waals surface area contributed by atoms with Gasteiger partial charge in [-0.2, -0.15) is 0 Å². The van der Waals surface area contributed by atoms with Gasteiger partial charge in [0.1, 0.15) is 17.2 Å². The van der Waals surface area contributed by atoms with E-state index in [2.05, 4.69) is 24.0 Å². The van der Waals surface area contributed by atoms with E-state index in [0.29, 0.717) is 36.2 Å². The summed E-state index contributed by atoms with van der Waals surface area (Å²) in [6, 6.07) is 13.6. The Kier molecular flexibility index (Phi) is 5.93. The first-order valence-electron chi connectivity index (χ1n) is 12.0. The average Bonchev–Trinajstić information content (AvgIpc) is 2.86. The molecule has 0 aliphatic carbocycles. The molecule has 0 spiro atoms. The van der Waals surface area contributed by atoms with E-state index in [1.807, 2.05) is 30.0 Å². The van der Waals surface area contributed by atoms with E-state index in [0.717, 1.165) is 40.8 Å². The lowest BCUT2D eigenvalue weighted by Crippen LogP contribution is -2.49. The molecule has 1 amide bonds. The Balaban J connectivity index is 1.25. The van der Waals surface area contributed by atoms with Crippen molar-refractivity contribution in [3.63, 3.8) is 0 Å². The molecular weight excluding hydrogens is 442 g/mol. The average molecular weight is 472 g/mol. The van der Waals surface area contributed by atoms with Gasteiger partial charge in [0.2, 0.25) is 5.91 Å². The number of carbonyl (C=O) groups is 1. The standard InChI is InChI=1S/C28H29N3O4/c1-17-16-25(29-23-7-5-4-6-20(17)23)30-12-14-31(15-13-30)26(33)11-9-22-18(2)21-8-10-24(32)19(3)27(21)35-28(22)34/h4-8,10,16,32H,9,11-15H2,1-3H3. The number of benzene rings is 2. The number of phenolic OH excluding ortho intramolecular Hbond substituents is 1. The van der Waals surface area contributed by atoms with E-state index in [4.69, 9.17) is 9.40 Å². The maximum atomic E-state index is 13.0. The second-order valence-electron chi connectivity index (χ2n) is 9.26. The van der Waals surface area contributed by atoms with Crippen LogP contribution >= 0.6 is 0 Å². The molecule has 7 heteroatoms. The summed E-state index contributed by atoms with van der Waals surface area (Å²) in [6.07, 6.45) is 0.579. The molecule has 2 aromatic carbocycles. The highest BCUT2D eigenvalue weighted by atomic mass is 16.4. The Morgan fingerprint density at radius 2 is 1.74 bits per heavy atom. The Bertz CT molecular complexity index is 1500. The summed E-state index contributed by atoms with van der Waals surface area (Å²) in [6.45, 7) is 8.37. The van der Waals surface area contributed by atoms with Crippen LogP contribution in [0.1, 0.15) is 28.7 Å². The highest BCUT2D eigenvalue weighted by Gasteiger charge is 2.23. The molecule has 1 saturated heterocycles. The number of aromatic nitrogens is 1. The number of aryl methyl sites for hydroxylation is 3. The Morgan fingerprint density at radius 3 is 2.51 bits per heavy atom. The maximum Gasteiger partial charge on any atom is 0.339 e. The van der Waals surface area contributed by atoms with Crippen LogP contribution < -0.4 is 10.5 Å². The van der Waals surface area contributed by atoms with E-state index in [9.17, 15) is 14.7 Å². The maximum absolute atomic E-state index is 13.0. The fourth-order valence-electron chi connectivity index (χ4n) is 4.94. The van der Waals surface area contributed by atoms with E-state index in [1.54, 1.807) is 19.1 Å². The van der Waals surface area contributed by atoms with Crippen LogP contribution in [0.4, 0.5) is 5.82 Å². The minimum Gasteiger partial charge on any atom is -0.508 e. The normalized spacial score (nSPS) is 14.1. The molecule has 180 valence electrons. The third-order valence-corrected chi connectivity index (χ3v) is 7.13. The summed E-state index contributed by atoms with van der Waals surface area (Å²) < 4.78 is 5.51. The van der Waals surface area contributed by atoms with Crippen LogP contribution in [0.5, 0.6) is 5.75 Å². The highest BCUT2D eigenvalue weighted by Crippen LogP contribution is 2.29. The Labute approximate surface area is 203 Å². The molecule has 0 radical (unpaired) electrons. The van der Waals surface area contributed by atoms with Crippen LogP contribution in [-0.4, -0.2) is 47.1 Å². The topological polar surface area (TPSA) is 86.9 Å². The van der Waals surface area contributed by atoms with Crippen molar-refractivity contribution in [2.75, 3.05) is 31.1 Å². The van der Waals surface area contributed by atoms with Crippen LogP contribution in [0, 0.1) is 20.8 Å². The van der Waals surface area contributed by atoms with Gasteiger partial charge < -0.3 is 19.3 Å². The van der Waals surface area contributed by atoms with Gasteiger partial charge in [0.05, 0.1) is 5.52 Å². The lowest BCUT2D eigenvalue weighted by molar-refractivity contribution is -0.131. The van der Waals surface area contributed by atoms with Crippen molar-refractivity contribution in [3.05, 3.63) is 75.1 Å². The van der Waals surface area contributed by atoms with Gasteiger partial charge in [0, 0.05) is 54.5 Å². The number of piperazine rings is 1. The van der Waals surface area contributed by atoms with Crippen molar-refractivity contribution in [1.29, 1.82) is 0 Å². The van der Waals surface area contributed by atoms with Crippen molar-refractivity contribution in [2.24, 2.45) is 0 Å². The number of aromatic hydroxyl groups is 1. The zero-order valence-corrected chi connectivity index (χ0v) is 20.3. The summed E-state index contributed by atoms with van der Waals surface area (Å²) in [4.78, 5) is 34.5. The number of pyridine rings is 1. The minimum atomic E-state index is -0.445. The van der Waals surface area contributed by atoms with Gasteiger partial charge in [-0.25, -0.2) is 9.78 Å². The van der Waals surface area contributed by atoms with Crippen molar-refractivity contribution >= 4 is 33.6 Å². The van der Waals surface area contributed by atoms with E-state index in [-0.39, 0.29) is 18.1 Å². The van der Waals surface area contributed by atoms with Crippen molar-refractivity contribution < 1.29 is 14.3 Å². The second kappa shape index (κ2) is 9.06. The van der Waals surface area contributed by atoms with E-state index >= 15 is 0 Å². The number of rotatable bonds is 4. The number of hydrogen-bond acceptors (Lipinski definition) is 6. The molecule has 0 bridgehead atoms. The molecule has 1 N–H and O–H groups in total. The number of phenols is 1. The van der Waals surface area contributed by atoms with Gasteiger partial charge in [-0.3, -0.25) is 4.79 Å². The summed E-state index contributed by atoms with van der Waals surface area (Å²) in [5.74, 6) is 1.07. The second-order valence-corrected chi connectivity index (χ2v) is 9.26. The molecular formula is C28H29N3O4. The molecule has 0 unspecified atom stereocenters. The molecule has 1 fully saturated rings. The van der Waals surface area contributed by atoms with E-state index < -0.39 is 5.63 Å². The SMILES string of the molecule is Cc1cc(N2CCN(C(=O)CCc3c(C)c4ccc(O)c(C)c4oc3=O)CC2)nc2ccccc12. The first-order chi connectivity index (χ1) is 16.8. The fraction of sp³-hybridized carbons (Fsp3) is 0.321. The quantitative estimate of drug-likeness (QED) is 0.448. The van der Waals surface area contributed by atoms with Crippen molar-refractivity contribution in [2.45, 2.75) is 33.6 Å². The summed E-state index contributed by atoms with van der Waals surface area (Å²) >= 11 is 0. The number of hydrogen-bond donors (Lipinski definition) is 1. The third-order valence-electron chi connectivity index (χ3n) is 7.13. The van der Waals surface area contributed by atoms with Crippen LogP contribution in [0.25, 0.3) is 21.9 Å². The van der Waals surface area contributed by atoms with Gasteiger partial charge in [-0.05, 0) is 62.6 Å².